The lowest BCUT2D eigenvalue weighted by Crippen LogP contribution is -2.44. The summed E-state index contributed by atoms with van der Waals surface area (Å²) in [4.78, 5) is 22.8. The molecular weight excluding hydrogens is 394 g/mol. The van der Waals surface area contributed by atoms with Gasteiger partial charge in [-0.25, -0.2) is 4.79 Å². The molecule has 0 bridgehead atoms. The molecule has 20 heavy (non-hydrogen) atoms. The van der Waals surface area contributed by atoms with E-state index in [0.29, 0.717) is 21.2 Å². The van der Waals surface area contributed by atoms with Crippen molar-refractivity contribution < 1.29 is 14.3 Å². The molecule has 1 aromatic carbocycles. The number of nitrogens with one attached hydrogen (secondary N) is 2. The first-order chi connectivity index (χ1) is 9.38. The number of imide groups is 1. The van der Waals surface area contributed by atoms with Crippen molar-refractivity contribution in [2.75, 3.05) is 7.05 Å². The number of amides is 3. The van der Waals surface area contributed by atoms with Gasteiger partial charge >= 0.3 is 6.03 Å². The topological polar surface area (TPSA) is 93.5 Å². The molecule has 1 rings (SSSR count). The van der Waals surface area contributed by atoms with Gasteiger partial charge in [0, 0.05) is 13.6 Å². The molecule has 0 aliphatic heterocycles. The van der Waals surface area contributed by atoms with Gasteiger partial charge in [0.2, 0.25) is 0 Å². The lowest BCUT2D eigenvalue weighted by molar-refractivity contribution is -0.126. The SMILES string of the molecule is CNC(=O)NC(=O)C(C)Oc1c(Br)cc(CN)cc1Br. The van der Waals surface area contributed by atoms with E-state index < -0.39 is 18.0 Å². The molecule has 1 atom stereocenters. The molecule has 0 aromatic heterocycles. The van der Waals surface area contributed by atoms with E-state index in [-0.39, 0.29) is 0 Å². The third-order valence-corrected chi connectivity index (χ3v) is 3.60. The summed E-state index contributed by atoms with van der Waals surface area (Å²) in [7, 11) is 1.42. The fourth-order valence-electron chi connectivity index (χ4n) is 1.35. The van der Waals surface area contributed by atoms with Gasteiger partial charge in [0.15, 0.2) is 6.10 Å². The van der Waals surface area contributed by atoms with E-state index in [2.05, 4.69) is 42.5 Å². The van der Waals surface area contributed by atoms with Crippen LogP contribution in [0.4, 0.5) is 4.79 Å². The first-order valence-corrected chi connectivity index (χ1v) is 7.34. The molecule has 1 unspecified atom stereocenters. The quantitative estimate of drug-likeness (QED) is 0.709. The zero-order chi connectivity index (χ0) is 15.3. The summed E-state index contributed by atoms with van der Waals surface area (Å²) in [6.07, 6.45) is -0.830. The van der Waals surface area contributed by atoms with Crippen LogP contribution < -0.4 is 21.1 Å². The second-order valence-electron chi connectivity index (χ2n) is 3.92. The molecule has 0 spiro atoms. The number of nitrogens with two attached hydrogens (primary N) is 1. The van der Waals surface area contributed by atoms with Crippen LogP contribution in [0, 0.1) is 0 Å². The van der Waals surface area contributed by atoms with Gasteiger partial charge < -0.3 is 15.8 Å². The lowest BCUT2D eigenvalue weighted by atomic mass is 10.2. The molecule has 0 heterocycles. The minimum Gasteiger partial charge on any atom is -0.479 e. The van der Waals surface area contributed by atoms with Gasteiger partial charge in [-0.1, -0.05) is 0 Å². The van der Waals surface area contributed by atoms with Gasteiger partial charge in [0.1, 0.15) is 5.75 Å². The predicted octanol–water partition coefficient (Wildman–Crippen LogP) is 1.89. The van der Waals surface area contributed by atoms with E-state index in [1.54, 1.807) is 6.92 Å². The Labute approximate surface area is 133 Å². The van der Waals surface area contributed by atoms with E-state index in [1.807, 2.05) is 12.1 Å². The van der Waals surface area contributed by atoms with Crippen LogP contribution in [-0.4, -0.2) is 25.1 Å². The molecule has 110 valence electrons. The lowest BCUT2D eigenvalue weighted by Gasteiger charge is -2.17. The Morgan fingerprint density at radius 1 is 1.35 bits per heavy atom. The molecule has 0 aliphatic rings. The Morgan fingerprint density at radius 2 is 1.90 bits per heavy atom. The van der Waals surface area contributed by atoms with Crippen LogP contribution in [0.1, 0.15) is 12.5 Å². The second kappa shape index (κ2) is 7.61. The first kappa shape index (κ1) is 16.9. The number of rotatable bonds is 4. The average Bonchev–Trinajstić information content (AvgIpc) is 2.41. The highest BCUT2D eigenvalue weighted by atomic mass is 79.9. The van der Waals surface area contributed by atoms with Crippen molar-refractivity contribution in [3.8, 4) is 5.75 Å². The zero-order valence-corrected chi connectivity index (χ0v) is 14.2. The Kier molecular flexibility index (Phi) is 6.44. The van der Waals surface area contributed by atoms with Gasteiger partial charge in [-0.2, -0.15) is 0 Å². The van der Waals surface area contributed by atoms with Gasteiger partial charge in [-0.15, -0.1) is 0 Å². The maximum atomic E-state index is 11.7. The third kappa shape index (κ3) is 4.46. The van der Waals surface area contributed by atoms with Gasteiger partial charge in [-0.05, 0) is 56.5 Å². The van der Waals surface area contributed by atoms with Crippen LogP contribution >= 0.6 is 31.9 Å². The molecule has 0 radical (unpaired) electrons. The molecule has 1 aromatic rings. The molecule has 3 amide bonds. The number of halogens is 2. The number of benzene rings is 1. The predicted molar refractivity (Wildman–Crippen MR) is 82.4 cm³/mol. The van der Waals surface area contributed by atoms with Crippen molar-refractivity contribution in [1.29, 1.82) is 0 Å². The maximum absolute atomic E-state index is 11.7. The van der Waals surface area contributed by atoms with E-state index in [4.69, 9.17) is 10.5 Å². The summed E-state index contributed by atoms with van der Waals surface area (Å²) < 4.78 is 6.90. The van der Waals surface area contributed by atoms with Crippen molar-refractivity contribution >= 4 is 43.8 Å². The smallest absolute Gasteiger partial charge is 0.321 e. The summed E-state index contributed by atoms with van der Waals surface area (Å²) in [5.74, 6) is -0.0622. The Morgan fingerprint density at radius 3 is 2.35 bits per heavy atom. The normalized spacial score (nSPS) is 11.7. The van der Waals surface area contributed by atoms with E-state index >= 15 is 0 Å². The van der Waals surface area contributed by atoms with Crippen LogP contribution in [0.25, 0.3) is 0 Å². The van der Waals surface area contributed by atoms with Crippen molar-refractivity contribution in [3.63, 3.8) is 0 Å². The number of urea groups is 1. The minimum absolute atomic E-state index is 0.393. The van der Waals surface area contributed by atoms with E-state index in [1.165, 1.54) is 7.05 Å². The maximum Gasteiger partial charge on any atom is 0.321 e. The van der Waals surface area contributed by atoms with E-state index in [9.17, 15) is 9.59 Å². The van der Waals surface area contributed by atoms with Crippen LogP contribution in [0.2, 0.25) is 0 Å². The van der Waals surface area contributed by atoms with Gasteiger partial charge in [0.05, 0.1) is 8.95 Å². The largest absolute Gasteiger partial charge is 0.479 e. The highest BCUT2D eigenvalue weighted by Gasteiger charge is 2.19. The summed E-state index contributed by atoms with van der Waals surface area (Å²) in [6, 6.07) is 3.04. The number of carbonyl (C=O) groups is 2. The Bertz CT molecular complexity index is 500. The second-order valence-corrected chi connectivity index (χ2v) is 5.63. The van der Waals surface area contributed by atoms with E-state index in [0.717, 1.165) is 5.56 Å². The van der Waals surface area contributed by atoms with Crippen LogP contribution in [0.15, 0.2) is 21.1 Å². The fraction of sp³-hybridized carbons (Fsp3) is 0.333. The molecule has 4 N–H and O–H groups in total. The molecular formula is C12H15Br2N3O3. The third-order valence-electron chi connectivity index (χ3n) is 2.42. The molecule has 0 saturated heterocycles. The summed E-state index contributed by atoms with van der Waals surface area (Å²) in [5, 5.41) is 4.44. The monoisotopic (exact) mass is 407 g/mol. The first-order valence-electron chi connectivity index (χ1n) is 5.76. The van der Waals surface area contributed by atoms with Gasteiger partial charge in [-0.3, -0.25) is 10.1 Å². The summed E-state index contributed by atoms with van der Waals surface area (Å²) in [5.41, 5.74) is 6.48. The van der Waals surface area contributed by atoms with Crippen molar-refractivity contribution in [2.24, 2.45) is 5.73 Å². The minimum atomic E-state index is -0.830. The van der Waals surface area contributed by atoms with Crippen LogP contribution in [-0.2, 0) is 11.3 Å². The van der Waals surface area contributed by atoms with Crippen molar-refractivity contribution in [1.82, 2.24) is 10.6 Å². The zero-order valence-electron chi connectivity index (χ0n) is 11.0. The number of ether oxygens (including phenoxy) is 1. The number of hydrogen-bond donors (Lipinski definition) is 3. The van der Waals surface area contributed by atoms with Crippen LogP contribution in [0.5, 0.6) is 5.75 Å². The molecule has 6 nitrogen and oxygen atoms in total. The molecule has 0 fully saturated rings. The molecule has 0 aliphatic carbocycles. The molecule has 0 saturated carbocycles. The Balaban J connectivity index is 2.83. The highest BCUT2D eigenvalue weighted by molar-refractivity contribution is 9.11. The number of hydrogen-bond acceptors (Lipinski definition) is 4. The summed E-state index contributed by atoms with van der Waals surface area (Å²) >= 11 is 6.72. The van der Waals surface area contributed by atoms with Gasteiger partial charge in [0.25, 0.3) is 5.91 Å². The highest BCUT2D eigenvalue weighted by Crippen LogP contribution is 2.35. The number of carbonyl (C=O) groups excluding carboxylic acids is 2. The van der Waals surface area contributed by atoms with Crippen molar-refractivity contribution in [3.05, 3.63) is 26.6 Å². The average molecular weight is 409 g/mol. The summed E-state index contributed by atoms with van der Waals surface area (Å²) in [6.45, 7) is 1.94. The van der Waals surface area contributed by atoms with Crippen molar-refractivity contribution in [2.45, 2.75) is 19.6 Å². The molecule has 8 heteroatoms. The Hall–Kier alpha value is -1.12. The van der Waals surface area contributed by atoms with Crippen LogP contribution in [0.3, 0.4) is 0 Å². The fourth-order valence-corrected chi connectivity index (χ4v) is 2.82. The standard InChI is InChI=1S/C12H15Br2N3O3/c1-6(11(18)17-12(19)16-2)20-10-8(13)3-7(5-15)4-9(10)14/h3-4,6H,5,15H2,1-2H3,(H2,16,17,18,19).